The molecule has 0 saturated carbocycles. The van der Waals surface area contributed by atoms with E-state index in [-0.39, 0.29) is 5.91 Å². The first-order valence-corrected chi connectivity index (χ1v) is 9.26. The zero-order chi connectivity index (χ0) is 18.1. The summed E-state index contributed by atoms with van der Waals surface area (Å²) in [5, 5.41) is 7.41. The quantitative estimate of drug-likeness (QED) is 0.605. The summed E-state index contributed by atoms with van der Waals surface area (Å²) >= 11 is 12.0. The van der Waals surface area contributed by atoms with Gasteiger partial charge < -0.3 is 10.6 Å². The Bertz CT molecular complexity index is 707. The lowest BCUT2D eigenvalue weighted by Gasteiger charge is -2.09. The summed E-state index contributed by atoms with van der Waals surface area (Å²) in [5.74, 6) is -0.144. The van der Waals surface area contributed by atoms with Crippen molar-refractivity contribution in [1.29, 1.82) is 0 Å². The van der Waals surface area contributed by atoms with E-state index >= 15 is 0 Å². The Hall–Kier alpha value is -1.78. The van der Waals surface area contributed by atoms with Crippen molar-refractivity contribution in [2.75, 3.05) is 18.4 Å². The molecule has 0 aliphatic heterocycles. The third-order valence-electron chi connectivity index (χ3n) is 3.80. The van der Waals surface area contributed by atoms with Crippen molar-refractivity contribution < 1.29 is 4.79 Å². The molecule has 0 radical (unpaired) electrons. The molecule has 4 nitrogen and oxygen atoms in total. The molecule has 1 aromatic carbocycles. The van der Waals surface area contributed by atoms with Crippen molar-refractivity contribution in [3.05, 3.63) is 57.8 Å². The maximum atomic E-state index is 12.3. The van der Waals surface area contributed by atoms with Gasteiger partial charge >= 0.3 is 0 Å². The summed E-state index contributed by atoms with van der Waals surface area (Å²) in [6.45, 7) is 3.55. The fraction of sp³-hybridized carbons (Fsp3) is 0.368. The molecule has 2 rings (SSSR count). The van der Waals surface area contributed by atoms with E-state index in [4.69, 9.17) is 23.2 Å². The Morgan fingerprint density at radius 2 is 1.96 bits per heavy atom. The van der Waals surface area contributed by atoms with Gasteiger partial charge in [0, 0.05) is 35.5 Å². The molecule has 0 aliphatic carbocycles. The highest BCUT2D eigenvalue weighted by molar-refractivity contribution is 6.35. The predicted octanol–water partition coefficient (Wildman–Crippen LogP) is 4.96. The Morgan fingerprint density at radius 1 is 1.12 bits per heavy atom. The molecular weight excluding hydrogens is 357 g/mol. The average Bonchev–Trinajstić information content (AvgIpc) is 2.61. The van der Waals surface area contributed by atoms with Gasteiger partial charge in [-0.3, -0.25) is 9.78 Å². The SMILES string of the molecule is CCCCCNc1cncc(C(=O)NCCc2ccc(Cl)cc2Cl)c1. The van der Waals surface area contributed by atoms with Gasteiger partial charge in [0.15, 0.2) is 0 Å². The molecule has 2 N–H and O–H groups in total. The molecule has 0 saturated heterocycles. The van der Waals surface area contributed by atoms with E-state index in [9.17, 15) is 4.79 Å². The first-order valence-electron chi connectivity index (χ1n) is 8.51. The van der Waals surface area contributed by atoms with Gasteiger partial charge in [-0.2, -0.15) is 0 Å². The number of unbranched alkanes of at least 4 members (excludes halogenated alkanes) is 2. The van der Waals surface area contributed by atoms with Gasteiger partial charge in [0.25, 0.3) is 5.91 Å². The van der Waals surface area contributed by atoms with Crippen LogP contribution in [0.5, 0.6) is 0 Å². The lowest BCUT2D eigenvalue weighted by Crippen LogP contribution is -2.26. The van der Waals surface area contributed by atoms with E-state index in [1.807, 2.05) is 12.1 Å². The van der Waals surface area contributed by atoms with E-state index < -0.39 is 0 Å². The second kappa shape index (κ2) is 10.3. The number of nitrogens with one attached hydrogen (secondary N) is 2. The summed E-state index contributed by atoms with van der Waals surface area (Å²) in [7, 11) is 0. The monoisotopic (exact) mass is 379 g/mol. The second-order valence-electron chi connectivity index (χ2n) is 5.84. The average molecular weight is 380 g/mol. The van der Waals surface area contributed by atoms with Gasteiger partial charge in [-0.15, -0.1) is 0 Å². The number of halogens is 2. The van der Waals surface area contributed by atoms with Crippen LogP contribution in [-0.4, -0.2) is 24.0 Å². The second-order valence-corrected chi connectivity index (χ2v) is 6.68. The van der Waals surface area contributed by atoms with Crippen LogP contribution in [-0.2, 0) is 6.42 Å². The Labute approximate surface area is 158 Å². The molecule has 1 amide bonds. The number of carbonyl (C=O) groups excluding carboxylic acids is 1. The van der Waals surface area contributed by atoms with Gasteiger partial charge in [-0.05, 0) is 36.6 Å². The normalized spacial score (nSPS) is 10.5. The minimum Gasteiger partial charge on any atom is -0.384 e. The standard InChI is InChI=1S/C19H23Cl2N3O/c1-2-3-4-8-23-17-10-15(12-22-13-17)19(25)24-9-7-14-5-6-16(20)11-18(14)21/h5-6,10-13,23H,2-4,7-9H2,1H3,(H,24,25). The van der Waals surface area contributed by atoms with E-state index in [2.05, 4.69) is 22.5 Å². The van der Waals surface area contributed by atoms with Gasteiger partial charge in [0.05, 0.1) is 11.3 Å². The Kier molecular flexibility index (Phi) is 8.02. The van der Waals surface area contributed by atoms with E-state index in [0.29, 0.717) is 28.6 Å². The number of hydrogen-bond acceptors (Lipinski definition) is 3. The molecule has 0 aliphatic rings. The summed E-state index contributed by atoms with van der Waals surface area (Å²) in [5.41, 5.74) is 2.36. The lowest BCUT2D eigenvalue weighted by molar-refractivity contribution is 0.0954. The maximum absolute atomic E-state index is 12.3. The molecule has 134 valence electrons. The van der Waals surface area contributed by atoms with Crippen molar-refractivity contribution in [3.8, 4) is 0 Å². The highest BCUT2D eigenvalue weighted by Gasteiger charge is 2.07. The summed E-state index contributed by atoms with van der Waals surface area (Å²) in [4.78, 5) is 16.4. The van der Waals surface area contributed by atoms with Crippen molar-refractivity contribution >= 4 is 34.8 Å². The number of anilines is 1. The molecule has 0 unspecified atom stereocenters. The largest absolute Gasteiger partial charge is 0.384 e. The zero-order valence-corrected chi connectivity index (χ0v) is 15.8. The number of aromatic nitrogens is 1. The fourth-order valence-electron chi connectivity index (χ4n) is 2.41. The first-order chi connectivity index (χ1) is 12.1. The van der Waals surface area contributed by atoms with Crippen LogP contribution in [0.15, 0.2) is 36.7 Å². The van der Waals surface area contributed by atoms with E-state index in [1.165, 1.54) is 12.8 Å². The first kappa shape index (κ1) is 19.5. The molecule has 1 aromatic heterocycles. The molecule has 0 bridgehead atoms. The van der Waals surface area contributed by atoms with Crippen molar-refractivity contribution in [1.82, 2.24) is 10.3 Å². The fourth-order valence-corrected chi connectivity index (χ4v) is 2.91. The Morgan fingerprint density at radius 3 is 2.72 bits per heavy atom. The third-order valence-corrected chi connectivity index (χ3v) is 4.39. The summed E-state index contributed by atoms with van der Waals surface area (Å²) < 4.78 is 0. The highest BCUT2D eigenvalue weighted by atomic mass is 35.5. The van der Waals surface area contributed by atoms with Crippen molar-refractivity contribution in [2.24, 2.45) is 0 Å². The predicted molar refractivity (Wildman–Crippen MR) is 105 cm³/mol. The van der Waals surface area contributed by atoms with Gasteiger partial charge in [0.1, 0.15) is 0 Å². The smallest absolute Gasteiger partial charge is 0.252 e. The van der Waals surface area contributed by atoms with Crippen LogP contribution in [0.3, 0.4) is 0 Å². The zero-order valence-electron chi connectivity index (χ0n) is 14.3. The van der Waals surface area contributed by atoms with Crippen LogP contribution in [0.25, 0.3) is 0 Å². The van der Waals surface area contributed by atoms with Crippen molar-refractivity contribution in [2.45, 2.75) is 32.6 Å². The number of amides is 1. The molecule has 0 fully saturated rings. The van der Waals surface area contributed by atoms with Crippen LogP contribution in [0.1, 0.15) is 42.1 Å². The van der Waals surface area contributed by atoms with Crippen LogP contribution in [0, 0.1) is 0 Å². The van der Waals surface area contributed by atoms with Crippen LogP contribution in [0.2, 0.25) is 10.0 Å². The number of benzene rings is 1. The maximum Gasteiger partial charge on any atom is 0.252 e. The van der Waals surface area contributed by atoms with Gasteiger partial charge in [0.2, 0.25) is 0 Å². The van der Waals surface area contributed by atoms with Crippen molar-refractivity contribution in [3.63, 3.8) is 0 Å². The Balaban J connectivity index is 1.83. The highest BCUT2D eigenvalue weighted by Crippen LogP contribution is 2.21. The topological polar surface area (TPSA) is 54.0 Å². The minimum atomic E-state index is -0.144. The van der Waals surface area contributed by atoms with Gasteiger partial charge in [-0.1, -0.05) is 49.0 Å². The summed E-state index contributed by atoms with van der Waals surface area (Å²) in [6, 6.07) is 7.20. The molecule has 6 heteroatoms. The number of carbonyl (C=O) groups is 1. The molecule has 25 heavy (non-hydrogen) atoms. The van der Waals surface area contributed by atoms with E-state index in [1.54, 1.807) is 24.5 Å². The van der Waals surface area contributed by atoms with Crippen LogP contribution in [0.4, 0.5) is 5.69 Å². The van der Waals surface area contributed by atoms with Crippen LogP contribution < -0.4 is 10.6 Å². The number of hydrogen-bond donors (Lipinski definition) is 2. The third kappa shape index (κ3) is 6.56. The number of pyridine rings is 1. The lowest BCUT2D eigenvalue weighted by atomic mass is 10.1. The molecule has 0 spiro atoms. The van der Waals surface area contributed by atoms with Gasteiger partial charge in [-0.25, -0.2) is 0 Å². The number of nitrogens with zero attached hydrogens (tertiary/aromatic N) is 1. The molecule has 0 atom stereocenters. The molecule has 1 heterocycles. The molecular formula is C19H23Cl2N3O. The molecule has 2 aromatic rings. The summed E-state index contributed by atoms with van der Waals surface area (Å²) in [6.07, 6.45) is 7.42. The minimum absolute atomic E-state index is 0.144. The van der Waals surface area contributed by atoms with Crippen LogP contribution >= 0.6 is 23.2 Å². The van der Waals surface area contributed by atoms with E-state index in [0.717, 1.165) is 24.2 Å². The number of rotatable bonds is 9.